The highest BCUT2D eigenvalue weighted by molar-refractivity contribution is 8.00. The molecule has 21 heavy (non-hydrogen) atoms. The third-order valence-corrected chi connectivity index (χ3v) is 4.71. The van der Waals surface area contributed by atoms with E-state index in [1.165, 1.54) is 33.9 Å². The number of hydrogen-bond acceptors (Lipinski definition) is 5. The van der Waals surface area contributed by atoms with Gasteiger partial charge in [-0.05, 0) is 23.8 Å². The summed E-state index contributed by atoms with van der Waals surface area (Å²) in [5.74, 6) is 0.288. The lowest BCUT2D eigenvalue weighted by atomic mass is 10.1. The number of aromatic nitrogens is 2. The molecule has 0 unspecified atom stereocenters. The number of amides is 1. The fourth-order valence-corrected chi connectivity index (χ4v) is 3.45. The van der Waals surface area contributed by atoms with Gasteiger partial charge >= 0.3 is 0 Å². The van der Waals surface area contributed by atoms with E-state index in [-0.39, 0.29) is 5.91 Å². The largest absolute Gasteiger partial charge is 0.300 e. The number of nitrogens with zero attached hydrogens (tertiary/aromatic N) is 2. The van der Waals surface area contributed by atoms with Gasteiger partial charge in [-0.25, -0.2) is 0 Å². The molecule has 0 aliphatic rings. The van der Waals surface area contributed by atoms with Crippen LogP contribution < -0.4 is 5.32 Å². The smallest absolute Gasteiger partial charge is 0.236 e. The third kappa shape index (κ3) is 3.40. The van der Waals surface area contributed by atoms with Gasteiger partial charge in [0.25, 0.3) is 0 Å². The van der Waals surface area contributed by atoms with Crippen LogP contribution in [0.1, 0.15) is 5.01 Å². The molecule has 2 aromatic carbocycles. The number of fused-ring (bicyclic) bond motifs is 1. The summed E-state index contributed by atoms with van der Waals surface area (Å²) < 4.78 is 0. The second-order valence-corrected chi connectivity index (χ2v) is 6.64. The molecule has 0 atom stereocenters. The first-order valence-electron chi connectivity index (χ1n) is 6.43. The monoisotopic (exact) mass is 315 g/mol. The lowest BCUT2D eigenvalue weighted by Crippen LogP contribution is -2.13. The zero-order valence-electron chi connectivity index (χ0n) is 11.4. The quantitative estimate of drug-likeness (QED) is 0.745. The van der Waals surface area contributed by atoms with Gasteiger partial charge in [0.15, 0.2) is 0 Å². The SMILES string of the molecule is Cc1nnc(NC(=O)CSc2cccc3ccccc23)s1. The number of rotatable bonds is 4. The van der Waals surface area contributed by atoms with Crippen molar-refractivity contribution in [1.82, 2.24) is 10.2 Å². The zero-order valence-corrected chi connectivity index (χ0v) is 13.0. The van der Waals surface area contributed by atoms with Crippen molar-refractivity contribution in [3.63, 3.8) is 0 Å². The van der Waals surface area contributed by atoms with Crippen LogP contribution >= 0.6 is 23.1 Å². The van der Waals surface area contributed by atoms with Crippen molar-refractivity contribution in [2.75, 3.05) is 11.1 Å². The number of carbonyl (C=O) groups excluding carboxylic acids is 1. The van der Waals surface area contributed by atoms with E-state index in [9.17, 15) is 4.79 Å². The van der Waals surface area contributed by atoms with E-state index < -0.39 is 0 Å². The van der Waals surface area contributed by atoms with Crippen LogP contribution in [0.4, 0.5) is 5.13 Å². The number of nitrogens with one attached hydrogen (secondary N) is 1. The maximum Gasteiger partial charge on any atom is 0.236 e. The summed E-state index contributed by atoms with van der Waals surface area (Å²) in [6, 6.07) is 14.3. The summed E-state index contributed by atoms with van der Waals surface area (Å²) in [7, 11) is 0. The first-order chi connectivity index (χ1) is 10.2. The van der Waals surface area contributed by atoms with Crippen molar-refractivity contribution in [2.45, 2.75) is 11.8 Å². The van der Waals surface area contributed by atoms with Crippen molar-refractivity contribution < 1.29 is 4.79 Å². The Morgan fingerprint density at radius 3 is 2.81 bits per heavy atom. The lowest BCUT2D eigenvalue weighted by molar-refractivity contribution is -0.113. The van der Waals surface area contributed by atoms with Gasteiger partial charge in [-0.1, -0.05) is 47.7 Å². The van der Waals surface area contributed by atoms with E-state index in [4.69, 9.17) is 0 Å². The van der Waals surface area contributed by atoms with Gasteiger partial charge in [0, 0.05) is 4.90 Å². The molecule has 0 aliphatic carbocycles. The molecule has 0 fully saturated rings. The number of anilines is 1. The fourth-order valence-electron chi connectivity index (χ4n) is 1.97. The summed E-state index contributed by atoms with van der Waals surface area (Å²) in [5.41, 5.74) is 0. The van der Waals surface area contributed by atoms with Crippen molar-refractivity contribution in [2.24, 2.45) is 0 Å². The molecule has 0 bridgehead atoms. The van der Waals surface area contributed by atoms with Crippen LogP contribution in [0.5, 0.6) is 0 Å². The Balaban J connectivity index is 1.67. The molecule has 0 aliphatic heterocycles. The highest BCUT2D eigenvalue weighted by Crippen LogP contribution is 2.27. The average molecular weight is 315 g/mol. The topological polar surface area (TPSA) is 54.9 Å². The highest BCUT2D eigenvalue weighted by Gasteiger charge is 2.08. The molecule has 3 rings (SSSR count). The van der Waals surface area contributed by atoms with Gasteiger partial charge in [-0.15, -0.1) is 22.0 Å². The van der Waals surface area contributed by atoms with Gasteiger partial charge in [0.1, 0.15) is 5.01 Å². The van der Waals surface area contributed by atoms with Crippen LogP contribution in [0.2, 0.25) is 0 Å². The minimum atomic E-state index is -0.0657. The fraction of sp³-hybridized carbons (Fsp3) is 0.133. The molecule has 1 amide bonds. The maximum atomic E-state index is 11.9. The molecule has 0 spiro atoms. The van der Waals surface area contributed by atoms with Gasteiger partial charge in [-0.3, -0.25) is 10.1 Å². The lowest BCUT2D eigenvalue weighted by Gasteiger charge is -2.05. The molecule has 106 valence electrons. The van der Waals surface area contributed by atoms with Crippen molar-refractivity contribution >= 4 is 44.9 Å². The Morgan fingerprint density at radius 1 is 1.19 bits per heavy atom. The van der Waals surface area contributed by atoms with E-state index in [1.807, 2.05) is 31.2 Å². The molecule has 0 saturated heterocycles. The first-order valence-corrected chi connectivity index (χ1v) is 8.23. The molecule has 0 saturated carbocycles. The minimum absolute atomic E-state index is 0.0657. The van der Waals surface area contributed by atoms with E-state index in [0.29, 0.717) is 10.9 Å². The Morgan fingerprint density at radius 2 is 2.00 bits per heavy atom. The Hall–Kier alpha value is -1.92. The number of aryl methyl sites for hydroxylation is 1. The molecule has 1 aromatic heterocycles. The van der Waals surface area contributed by atoms with E-state index in [1.54, 1.807) is 0 Å². The van der Waals surface area contributed by atoms with Crippen LogP contribution in [0.15, 0.2) is 47.4 Å². The van der Waals surface area contributed by atoms with Gasteiger partial charge in [0.05, 0.1) is 5.75 Å². The Labute approximate surface area is 130 Å². The highest BCUT2D eigenvalue weighted by atomic mass is 32.2. The zero-order chi connectivity index (χ0) is 14.7. The molecule has 0 radical (unpaired) electrons. The predicted octanol–water partition coefficient (Wildman–Crippen LogP) is 3.73. The van der Waals surface area contributed by atoms with Gasteiger partial charge in [0.2, 0.25) is 11.0 Å². The Kier molecular flexibility index (Phi) is 4.17. The van der Waals surface area contributed by atoms with E-state index in [2.05, 4.69) is 33.7 Å². The van der Waals surface area contributed by atoms with E-state index in [0.717, 1.165) is 9.90 Å². The summed E-state index contributed by atoms with van der Waals surface area (Å²) >= 11 is 2.91. The van der Waals surface area contributed by atoms with E-state index >= 15 is 0 Å². The molecular formula is C15H13N3OS2. The van der Waals surface area contributed by atoms with Crippen LogP contribution in [-0.4, -0.2) is 21.9 Å². The van der Waals surface area contributed by atoms with Crippen LogP contribution in [0, 0.1) is 6.92 Å². The molecule has 4 nitrogen and oxygen atoms in total. The third-order valence-electron chi connectivity index (χ3n) is 2.88. The maximum absolute atomic E-state index is 11.9. The molecule has 1 heterocycles. The molecular weight excluding hydrogens is 302 g/mol. The molecule has 6 heteroatoms. The number of benzene rings is 2. The number of thioether (sulfide) groups is 1. The van der Waals surface area contributed by atoms with Crippen molar-refractivity contribution in [3.05, 3.63) is 47.5 Å². The summed E-state index contributed by atoms with van der Waals surface area (Å²) in [5, 5.41) is 14.3. The standard InChI is InChI=1S/C15H13N3OS2/c1-10-17-18-15(21-10)16-14(19)9-20-13-8-4-6-11-5-2-3-7-12(11)13/h2-8H,9H2,1H3,(H,16,18,19). The second-order valence-electron chi connectivity index (χ2n) is 4.44. The minimum Gasteiger partial charge on any atom is -0.300 e. The molecule has 1 N–H and O–H groups in total. The Bertz CT molecular complexity index is 780. The van der Waals surface area contributed by atoms with Crippen LogP contribution in [0.3, 0.4) is 0 Å². The van der Waals surface area contributed by atoms with Crippen LogP contribution in [-0.2, 0) is 4.79 Å². The van der Waals surface area contributed by atoms with Crippen molar-refractivity contribution in [3.8, 4) is 0 Å². The normalized spacial score (nSPS) is 10.7. The average Bonchev–Trinajstić information content (AvgIpc) is 2.90. The second kappa shape index (κ2) is 6.24. The predicted molar refractivity (Wildman–Crippen MR) is 87.9 cm³/mol. The summed E-state index contributed by atoms with van der Waals surface area (Å²) in [4.78, 5) is 13.0. The number of carbonyl (C=O) groups is 1. The van der Waals surface area contributed by atoms with Gasteiger partial charge in [-0.2, -0.15) is 0 Å². The number of hydrogen-bond donors (Lipinski definition) is 1. The van der Waals surface area contributed by atoms with Gasteiger partial charge < -0.3 is 0 Å². The van der Waals surface area contributed by atoms with Crippen molar-refractivity contribution in [1.29, 1.82) is 0 Å². The van der Waals surface area contributed by atoms with Crippen LogP contribution in [0.25, 0.3) is 10.8 Å². The summed E-state index contributed by atoms with van der Waals surface area (Å²) in [6.45, 7) is 1.86. The molecule has 3 aromatic rings. The first kappa shape index (κ1) is 14.0. The summed E-state index contributed by atoms with van der Waals surface area (Å²) in [6.07, 6.45) is 0.